The molecule has 1 aromatic rings. The summed E-state index contributed by atoms with van der Waals surface area (Å²) in [6.45, 7) is 0. The summed E-state index contributed by atoms with van der Waals surface area (Å²) in [6, 6.07) is 9.69. The van der Waals surface area contributed by atoms with Crippen LogP contribution in [0.15, 0.2) is 35.4 Å². The second kappa shape index (κ2) is 3.58. The van der Waals surface area contributed by atoms with Crippen molar-refractivity contribution in [3.8, 4) is 0 Å². The highest BCUT2D eigenvalue weighted by Crippen LogP contribution is 2.20. The number of aliphatic hydroxyl groups is 1. The van der Waals surface area contributed by atoms with Crippen molar-refractivity contribution in [2.45, 2.75) is 19.1 Å². The first kappa shape index (κ1) is 8.26. The Bertz CT molecular complexity index is 297. The molecule has 1 aliphatic heterocycles. The van der Waals surface area contributed by atoms with Crippen LogP contribution in [0.5, 0.6) is 0 Å². The van der Waals surface area contributed by atoms with Gasteiger partial charge in [0.25, 0.3) is 0 Å². The van der Waals surface area contributed by atoms with Gasteiger partial charge >= 0.3 is 0 Å². The van der Waals surface area contributed by atoms with Crippen molar-refractivity contribution >= 4 is 11.9 Å². The van der Waals surface area contributed by atoms with Crippen molar-refractivity contribution in [3.05, 3.63) is 30.3 Å². The molecule has 1 aliphatic rings. The van der Waals surface area contributed by atoms with E-state index in [1.165, 1.54) is 0 Å². The van der Waals surface area contributed by atoms with Crippen LogP contribution in [-0.4, -0.2) is 17.5 Å². The molecule has 1 atom stereocenters. The van der Waals surface area contributed by atoms with Crippen molar-refractivity contribution in [3.63, 3.8) is 0 Å². The van der Waals surface area contributed by atoms with Crippen molar-refractivity contribution < 1.29 is 5.11 Å². The number of para-hydroxylation sites is 1. The molecule has 0 saturated heterocycles. The van der Waals surface area contributed by atoms with Crippen LogP contribution in [-0.2, 0) is 0 Å². The van der Waals surface area contributed by atoms with E-state index in [9.17, 15) is 5.11 Å². The minimum Gasteiger partial charge on any atom is -0.372 e. The molecule has 2 rings (SSSR count). The fraction of sp³-hybridized carbons (Fsp3) is 0.300. The van der Waals surface area contributed by atoms with Gasteiger partial charge in [-0.15, -0.1) is 0 Å². The zero-order valence-corrected chi connectivity index (χ0v) is 7.30. The van der Waals surface area contributed by atoms with E-state index in [0.29, 0.717) is 0 Å². The maximum atomic E-state index is 9.63. The molecule has 0 radical (unpaired) electrons. The van der Waals surface area contributed by atoms with Crippen LogP contribution in [0.4, 0.5) is 5.69 Å². The van der Waals surface area contributed by atoms with Crippen molar-refractivity contribution in [1.82, 2.24) is 0 Å². The highest BCUT2D eigenvalue weighted by molar-refractivity contribution is 5.62. The second-order valence-corrected chi connectivity index (χ2v) is 3.04. The molecule has 0 spiro atoms. The normalized spacial score (nSPS) is 21.9. The number of rotatable bonds is 1. The molecule has 0 fully saturated rings. The summed E-state index contributed by atoms with van der Waals surface area (Å²) in [5, 5.41) is 15.4. The number of aliphatic hydroxyl groups excluding tert-OH is 1. The van der Waals surface area contributed by atoms with Crippen LogP contribution < -0.4 is 5.01 Å². The highest BCUT2D eigenvalue weighted by Gasteiger charge is 2.17. The van der Waals surface area contributed by atoms with E-state index < -0.39 is 6.23 Å². The molecule has 0 amide bonds. The third kappa shape index (κ3) is 1.70. The maximum Gasteiger partial charge on any atom is 0.148 e. The van der Waals surface area contributed by atoms with Gasteiger partial charge in [0.1, 0.15) is 6.23 Å². The first-order valence-electron chi connectivity index (χ1n) is 4.43. The zero-order valence-electron chi connectivity index (χ0n) is 7.30. The molecule has 1 N–H and O–H groups in total. The van der Waals surface area contributed by atoms with Gasteiger partial charge in [-0.2, -0.15) is 5.10 Å². The van der Waals surface area contributed by atoms with Gasteiger partial charge in [0.05, 0.1) is 5.69 Å². The van der Waals surface area contributed by atoms with E-state index >= 15 is 0 Å². The average Bonchev–Trinajstić information content (AvgIpc) is 2.20. The van der Waals surface area contributed by atoms with Crippen molar-refractivity contribution in [2.75, 3.05) is 5.01 Å². The number of nitrogens with zero attached hydrogens (tertiary/aromatic N) is 2. The summed E-state index contributed by atoms with van der Waals surface area (Å²) in [7, 11) is 0. The molecule has 1 unspecified atom stereocenters. The van der Waals surface area contributed by atoms with Crippen LogP contribution in [0.25, 0.3) is 0 Å². The Morgan fingerprint density at radius 2 is 2.08 bits per heavy atom. The van der Waals surface area contributed by atoms with Crippen LogP contribution in [0.2, 0.25) is 0 Å². The van der Waals surface area contributed by atoms with Crippen molar-refractivity contribution in [2.24, 2.45) is 5.10 Å². The fourth-order valence-electron chi connectivity index (χ4n) is 1.39. The summed E-state index contributed by atoms with van der Waals surface area (Å²) in [5.41, 5.74) is 0.936. The topological polar surface area (TPSA) is 35.8 Å². The number of hydrogen-bond acceptors (Lipinski definition) is 3. The van der Waals surface area contributed by atoms with Gasteiger partial charge in [0, 0.05) is 6.21 Å². The fourth-order valence-corrected chi connectivity index (χ4v) is 1.39. The molecule has 13 heavy (non-hydrogen) atoms. The first-order chi connectivity index (χ1) is 6.38. The molecule has 3 heteroatoms. The summed E-state index contributed by atoms with van der Waals surface area (Å²) >= 11 is 0. The Balaban J connectivity index is 2.25. The van der Waals surface area contributed by atoms with Crippen LogP contribution in [0.1, 0.15) is 12.8 Å². The Morgan fingerprint density at radius 1 is 1.31 bits per heavy atom. The molecule has 0 bridgehead atoms. The maximum absolute atomic E-state index is 9.63. The minimum atomic E-state index is -0.479. The number of anilines is 1. The number of hydrazone groups is 1. The Morgan fingerprint density at radius 3 is 2.77 bits per heavy atom. The van der Waals surface area contributed by atoms with Crippen molar-refractivity contribution in [1.29, 1.82) is 0 Å². The van der Waals surface area contributed by atoms with E-state index in [-0.39, 0.29) is 0 Å². The predicted octanol–water partition coefficient (Wildman–Crippen LogP) is 1.59. The SMILES string of the molecule is OC1CCC=NN1c1ccccc1. The van der Waals surface area contributed by atoms with Gasteiger partial charge in [-0.05, 0) is 25.0 Å². The smallest absolute Gasteiger partial charge is 0.148 e. The quantitative estimate of drug-likeness (QED) is 0.705. The van der Waals surface area contributed by atoms with E-state index in [4.69, 9.17) is 0 Å². The lowest BCUT2D eigenvalue weighted by atomic mass is 10.2. The molecule has 0 aromatic heterocycles. The Hall–Kier alpha value is -1.35. The van der Waals surface area contributed by atoms with Crippen LogP contribution in [0, 0.1) is 0 Å². The lowest BCUT2D eigenvalue weighted by molar-refractivity contribution is 0.158. The van der Waals surface area contributed by atoms with Gasteiger partial charge in [-0.3, -0.25) is 0 Å². The van der Waals surface area contributed by atoms with Gasteiger partial charge < -0.3 is 5.11 Å². The minimum absolute atomic E-state index is 0.479. The molecule has 0 aliphatic carbocycles. The third-order valence-corrected chi connectivity index (χ3v) is 2.06. The average molecular weight is 176 g/mol. The monoisotopic (exact) mass is 176 g/mol. The lowest BCUT2D eigenvalue weighted by Crippen LogP contribution is -2.33. The molecular weight excluding hydrogens is 164 g/mol. The lowest BCUT2D eigenvalue weighted by Gasteiger charge is -2.27. The molecule has 0 saturated carbocycles. The van der Waals surface area contributed by atoms with Crippen LogP contribution in [0.3, 0.4) is 0 Å². The largest absolute Gasteiger partial charge is 0.372 e. The standard InChI is InChI=1S/C10H12N2O/c13-10-7-4-8-11-12(10)9-5-2-1-3-6-9/h1-3,5-6,8,10,13H,4,7H2. The first-order valence-corrected chi connectivity index (χ1v) is 4.43. The van der Waals surface area contributed by atoms with E-state index in [2.05, 4.69) is 5.10 Å². The summed E-state index contributed by atoms with van der Waals surface area (Å²) in [5.74, 6) is 0. The van der Waals surface area contributed by atoms with Crippen LogP contribution >= 0.6 is 0 Å². The Labute approximate surface area is 77.3 Å². The van der Waals surface area contributed by atoms with E-state index in [1.54, 1.807) is 5.01 Å². The second-order valence-electron chi connectivity index (χ2n) is 3.04. The van der Waals surface area contributed by atoms with Gasteiger partial charge in [-0.25, -0.2) is 5.01 Å². The summed E-state index contributed by atoms with van der Waals surface area (Å²) < 4.78 is 0. The predicted molar refractivity (Wildman–Crippen MR) is 52.7 cm³/mol. The zero-order chi connectivity index (χ0) is 9.10. The Kier molecular flexibility index (Phi) is 2.27. The third-order valence-electron chi connectivity index (χ3n) is 2.06. The molecule has 3 nitrogen and oxygen atoms in total. The molecule has 1 heterocycles. The van der Waals surface area contributed by atoms with Gasteiger partial charge in [-0.1, -0.05) is 18.2 Å². The van der Waals surface area contributed by atoms with E-state index in [0.717, 1.165) is 18.5 Å². The van der Waals surface area contributed by atoms with Gasteiger partial charge in [0.2, 0.25) is 0 Å². The molecular formula is C10H12N2O. The molecule has 1 aromatic carbocycles. The number of benzene rings is 1. The molecule has 68 valence electrons. The van der Waals surface area contributed by atoms with E-state index in [1.807, 2.05) is 36.5 Å². The number of hydrogen-bond donors (Lipinski definition) is 1. The summed E-state index contributed by atoms with van der Waals surface area (Å²) in [4.78, 5) is 0. The highest BCUT2D eigenvalue weighted by atomic mass is 16.3. The summed E-state index contributed by atoms with van der Waals surface area (Å²) in [6.07, 6.45) is 2.95. The van der Waals surface area contributed by atoms with Gasteiger partial charge in [0.15, 0.2) is 0 Å².